The first kappa shape index (κ1) is 28.7. The Kier molecular flexibility index (Phi) is 10.3. The molecule has 0 aromatic heterocycles. The van der Waals surface area contributed by atoms with Crippen LogP contribution < -0.4 is 16.4 Å². The zero-order valence-corrected chi connectivity index (χ0v) is 18.9. The predicted octanol–water partition coefficient (Wildman–Crippen LogP) is 0.125. The molecule has 1 atom stereocenters. The number of fused-ring (bicyclic) bond motifs is 1. The number of piperidine rings is 1. The van der Waals surface area contributed by atoms with Crippen molar-refractivity contribution in [1.29, 1.82) is 0 Å². The van der Waals surface area contributed by atoms with Crippen LogP contribution in [0.1, 0.15) is 33.6 Å². The summed E-state index contributed by atoms with van der Waals surface area (Å²) >= 11 is 0. The number of nitrogens with zero attached hydrogens (tertiary/aromatic N) is 1. The van der Waals surface area contributed by atoms with E-state index in [1.807, 2.05) is 0 Å². The van der Waals surface area contributed by atoms with E-state index in [-0.39, 0.29) is 24.0 Å². The number of carbonyl (C=O) groups excluding carboxylic acids is 4. The fourth-order valence-electron chi connectivity index (χ4n) is 3.33. The summed E-state index contributed by atoms with van der Waals surface area (Å²) < 4.78 is 42.4. The quantitative estimate of drug-likeness (QED) is 0.246. The third kappa shape index (κ3) is 7.47. The van der Waals surface area contributed by atoms with Gasteiger partial charge in [-0.3, -0.25) is 29.4 Å². The van der Waals surface area contributed by atoms with Crippen molar-refractivity contribution < 1.29 is 51.7 Å². The molecule has 2 aliphatic heterocycles. The lowest BCUT2D eigenvalue weighted by Gasteiger charge is -2.27. The van der Waals surface area contributed by atoms with E-state index in [1.165, 1.54) is 0 Å². The van der Waals surface area contributed by atoms with Crippen LogP contribution in [0.4, 0.5) is 18.9 Å². The zero-order chi connectivity index (χ0) is 26.9. The van der Waals surface area contributed by atoms with E-state index >= 15 is 0 Å². The van der Waals surface area contributed by atoms with Gasteiger partial charge < -0.3 is 25.6 Å². The van der Waals surface area contributed by atoms with Crippen LogP contribution >= 0.6 is 0 Å². The van der Waals surface area contributed by atoms with Crippen LogP contribution in [0.5, 0.6) is 0 Å². The Bertz CT molecular complexity index is 1000. The first-order chi connectivity index (χ1) is 17.0. The SMILES string of the molecule is NCCOCCOCCNc1cccc2c1C(=O)N(C1CCC(=O)NC1=O)C2=O.O=C(O)C(F)(F)F. The topological polar surface area (TPSA) is 177 Å². The van der Waals surface area contributed by atoms with Gasteiger partial charge in [-0.05, 0) is 18.6 Å². The second kappa shape index (κ2) is 12.9. The third-order valence-corrected chi connectivity index (χ3v) is 4.91. The smallest absolute Gasteiger partial charge is 0.475 e. The minimum atomic E-state index is -5.08. The van der Waals surface area contributed by atoms with Crippen LogP contribution in [-0.2, 0) is 23.9 Å². The van der Waals surface area contributed by atoms with E-state index < -0.39 is 41.8 Å². The number of benzene rings is 1. The average Bonchev–Trinajstić information content (AvgIpc) is 3.06. The van der Waals surface area contributed by atoms with Crippen molar-refractivity contribution in [2.24, 2.45) is 5.73 Å². The Labute approximate surface area is 202 Å². The van der Waals surface area contributed by atoms with Crippen LogP contribution in [0.3, 0.4) is 0 Å². The molecule has 0 bridgehead atoms. The minimum absolute atomic E-state index is 0.0846. The number of ether oxygens (including phenoxy) is 2. The Morgan fingerprint density at radius 2 is 1.75 bits per heavy atom. The highest BCUT2D eigenvalue weighted by Gasteiger charge is 2.45. The van der Waals surface area contributed by atoms with Gasteiger partial charge in [0.05, 0.1) is 37.6 Å². The van der Waals surface area contributed by atoms with Crippen LogP contribution in [-0.4, -0.2) is 91.3 Å². The summed E-state index contributed by atoms with van der Waals surface area (Å²) in [6.07, 6.45) is -4.87. The van der Waals surface area contributed by atoms with Crippen molar-refractivity contribution >= 4 is 35.3 Å². The summed E-state index contributed by atoms with van der Waals surface area (Å²) in [5.41, 5.74) is 6.29. The number of amides is 4. The number of imide groups is 2. The predicted molar refractivity (Wildman–Crippen MR) is 116 cm³/mol. The molecule has 4 amide bonds. The van der Waals surface area contributed by atoms with Crippen molar-refractivity contribution in [2.45, 2.75) is 25.1 Å². The van der Waals surface area contributed by atoms with E-state index in [1.54, 1.807) is 18.2 Å². The van der Waals surface area contributed by atoms with Gasteiger partial charge in [-0.1, -0.05) is 6.07 Å². The number of anilines is 1. The molecule has 198 valence electrons. The molecule has 0 saturated carbocycles. The molecule has 3 rings (SSSR count). The zero-order valence-electron chi connectivity index (χ0n) is 18.9. The summed E-state index contributed by atoms with van der Waals surface area (Å²) in [6, 6.07) is 3.94. The monoisotopic (exact) mass is 518 g/mol. The first-order valence-electron chi connectivity index (χ1n) is 10.7. The minimum Gasteiger partial charge on any atom is -0.475 e. The van der Waals surface area contributed by atoms with E-state index in [9.17, 15) is 32.3 Å². The molecule has 12 nitrogen and oxygen atoms in total. The van der Waals surface area contributed by atoms with Gasteiger partial charge in [0.2, 0.25) is 11.8 Å². The van der Waals surface area contributed by atoms with Gasteiger partial charge in [-0.2, -0.15) is 13.2 Å². The molecule has 0 radical (unpaired) electrons. The van der Waals surface area contributed by atoms with Crippen LogP contribution in [0.2, 0.25) is 0 Å². The van der Waals surface area contributed by atoms with Crippen molar-refractivity contribution in [3.05, 3.63) is 29.3 Å². The molecule has 1 saturated heterocycles. The van der Waals surface area contributed by atoms with Gasteiger partial charge in [0.25, 0.3) is 11.8 Å². The van der Waals surface area contributed by atoms with Gasteiger partial charge >= 0.3 is 12.1 Å². The molecule has 1 unspecified atom stereocenters. The van der Waals surface area contributed by atoms with Crippen molar-refractivity contribution in [1.82, 2.24) is 10.2 Å². The van der Waals surface area contributed by atoms with Gasteiger partial charge in [0.15, 0.2) is 0 Å². The maximum Gasteiger partial charge on any atom is 0.490 e. The largest absolute Gasteiger partial charge is 0.490 e. The van der Waals surface area contributed by atoms with Crippen molar-refractivity contribution in [3.8, 4) is 0 Å². The van der Waals surface area contributed by atoms with Gasteiger partial charge in [-0.25, -0.2) is 4.79 Å². The number of aliphatic carboxylic acids is 1. The number of hydrogen-bond acceptors (Lipinski definition) is 9. The van der Waals surface area contributed by atoms with Crippen molar-refractivity contribution in [2.75, 3.05) is 44.8 Å². The highest BCUT2D eigenvalue weighted by atomic mass is 19.4. The summed E-state index contributed by atoms with van der Waals surface area (Å²) in [6.45, 7) is 2.63. The van der Waals surface area contributed by atoms with E-state index in [0.29, 0.717) is 45.2 Å². The number of carboxylic acids is 1. The number of nitrogens with two attached hydrogens (primary N) is 1. The summed E-state index contributed by atoms with van der Waals surface area (Å²) in [5, 5.41) is 12.4. The molecular weight excluding hydrogens is 493 g/mol. The lowest BCUT2D eigenvalue weighted by atomic mass is 10.0. The molecule has 15 heteroatoms. The van der Waals surface area contributed by atoms with Crippen LogP contribution in [0, 0.1) is 0 Å². The molecule has 1 aromatic rings. The molecular formula is C21H25F3N4O8. The second-order valence-electron chi connectivity index (χ2n) is 7.42. The number of rotatable bonds is 10. The number of nitrogens with one attached hydrogen (secondary N) is 2. The Hall–Kier alpha value is -3.56. The molecule has 5 N–H and O–H groups in total. The van der Waals surface area contributed by atoms with E-state index in [2.05, 4.69) is 10.6 Å². The van der Waals surface area contributed by atoms with Gasteiger partial charge in [-0.15, -0.1) is 0 Å². The average molecular weight is 518 g/mol. The second-order valence-corrected chi connectivity index (χ2v) is 7.42. The molecule has 1 fully saturated rings. The van der Waals surface area contributed by atoms with Crippen molar-refractivity contribution in [3.63, 3.8) is 0 Å². The molecule has 1 aromatic carbocycles. The number of carboxylic acid groups (broad SMARTS) is 1. The lowest BCUT2D eigenvalue weighted by molar-refractivity contribution is -0.192. The van der Waals surface area contributed by atoms with Gasteiger partial charge in [0, 0.05) is 25.2 Å². The number of halogens is 3. The number of hydrogen-bond donors (Lipinski definition) is 4. The van der Waals surface area contributed by atoms with E-state index in [0.717, 1.165) is 4.90 Å². The van der Waals surface area contributed by atoms with E-state index in [4.69, 9.17) is 25.1 Å². The summed E-state index contributed by atoms with van der Waals surface area (Å²) in [4.78, 5) is 59.0. The Morgan fingerprint density at radius 3 is 2.33 bits per heavy atom. The molecule has 0 spiro atoms. The molecule has 2 heterocycles. The Balaban J connectivity index is 0.000000572. The highest BCUT2D eigenvalue weighted by molar-refractivity contribution is 6.25. The maximum atomic E-state index is 12.9. The Morgan fingerprint density at radius 1 is 1.11 bits per heavy atom. The third-order valence-electron chi connectivity index (χ3n) is 4.91. The number of alkyl halides is 3. The fourth-order valence-corrected chi connectivity index (χ4v) is 3.33. The number of carbonyl (C=O) groups is 5. The fraction of sp³-hybridized carbons (Fsp3) is 0.476. The van der Waals surface area contributed by atoms with Crippen LogP contribution in [0.25, 0.3) is 0 Å². The lowest BCUT2D eigenvalue weighted by Crippen LogP contribution is -2.54. The van der Waals surface area contributed by atoms with Gasteiger partial charge in [0.1, 0.15) is 6.04 Å². The summed E-state index contributed by atoms with van der Waals surface area (Å²) in [7, 11) is 0. The van der Waals surface area contributed by atoms with Crippen LogP contribution in [0.15, 0.2) is 18.2 Å². The molecule has 2 aliphatic rings. The maximum absolute atomic E-state index is 12.9. The highest BCUT2D eigenvalue weighted by Crippen LogP contribution is 2.32. The standard InChI is InChI=1S/C19H24N4O6.C2HF3O2/c20-6-8-28-10-11-29-9-7-21-13-3-1-2-12-16(13)19(27)23(18(12)26)14-4-5-15(24)22-17(14)25;3-2(4,5)1(6)7/h1-3,14,21H,4-11,20H2,(H,22,24,25);(H,6,7). The summed E-state index contributed by atoms with van der Waals surface area (Å²) in [5.74, 6) is -4.86. The molecule has 0 aliphatic carbocycles. The normalized spacial score (nSPS) is 17.3. The first-order valence-corrected chi connectivity index (χ1v) is 10.7. The molecule has 36 heavy (non-hydrogen) atoms.